The van der Waals surface area contributed by atoms with Crippen LogP contribution in [-0.2, 0) is 9.05 Å². The van der Waals surface area contributed by atoms with Crippen LogP contribution in [0.25, 0.3) is 4.98 Å². The van der Waals surface area contributed by atoms with Gasteiger partial charge in [0.1, 0.15) is 0 Å². The first kappa shape index (κ1) is 9.77. The summed E-state index contributed by atoms with van der Waals surface area (Å²) in [5.74, 6) is -0.327. The molecule has 0 saturated carbocycles. The van der Waals surface area contributed by atoms with Gasteiger partial charge in [-0.25, -0.2) is 8.42 Å². The zero-order chi connectivity index (χ0) is 10.1. The molecule has 0 spiro atoms. The fourth-order valence-corrected chi connectivity index (χ4v) is 1.51. The summed E-state index contributed by atoms with van der Waals surface area (Å²) in [6, 6.07) is 3.13. The molecule has 0 bridgehead atoms. The van der Waals surface area contributed by atoms with E-state index in [1.165, 1.54) is 0 Å². The monoisotopic (exact) mass is 219 g/mol. The Hall–Kier alpha value is -1.32. The van der Waals surface area contributed by atoms with Gasteiger partial charge in [0.15, 0.2) is 4.98 Å². The number of aromatic hydroxyl groups is 1. The van der Waals surface area contributed by atoms with Crippen LogP contribution in [0.15, 0.2) is 23.1 Å². The van der Waals surface area contributed by atoms with Gasteiger partial charge in [0.2, 0.25) is 11.1 Å². The van der Waals surface area contributed by atoms with Gasteiger partial charge in [-0.05, 0) is 12.1 Å². The van der Waals surface area contributed by atoms with Crippen LogP contribution >= 0.6 is 10.7 Å². The van der Waals surface area contributed by atoms with Crippen molar-refractivity contribution in [2.75, 3.05) is 0 Å². The van der Waals surface area contributed by atoms with Crippen LogP contribution in [0.2, 0.25) is 0 Å². The molecule has 7 heteroatoms. The number of diazo groups is 1. The number of phenols is 1. The summed E-state index contributed by atoms with van der Waals surface area (Å²) in [7, 11) is 1.14. The predicted octanol–water partition coefficient (Wildman–Crippen LogP) is 1.80. The van der Waals surface area contributed by atoms with Crippen LogP contribution in [0, 0.1) is 5.39 Å². The lowest BCUT2D eigenvalue weighted by atomic mass is 10.3. The highest BCUT2D eigenvalue weighted by molar-refractivity contribution is 8.13. The quantitative estimate of drug-likeness (QED) is 0.577. The molecule has 0 aromatic heterocycles. The minimum Gasteiger partial charge on any atom is -0.501 e. The fourth-order valence-electron chi connectivity index (χ4n) is 0.735. The van der Waals surface area contributed by atoms with Gasteiger partial charge in [0.25, 0.3) is 9.05 Å². The van der Waals surface area contributed by atoms with E-state index < -0.39 is 9.05 Å². The maximum absolute atomic E-state index is 10.8. The minimum absolute atomic E-state index is 0.236. The lowest BCUT2D eigenvalue weighted by molar-refractivity contribution is 0.478. The summed E-state index contributed by atoms with van der Waals surface area (Å²) >= 11 is 0. The molecule has 0 saturated heterocycles. The Labute approximate surface area is 78.6 Å². The Balaban J connectivity index is 3.41. The molecule has 1 N–H and O–H groups in total. The molecule has 0 atom stereocenters. The summed E-state index contributed by atoms with van der Waals surface area (Å²) in [5.41, 5.74) is -0.248. The zero-order valence-corrected chi connectivity index (χ0v) is 7.75. The second kappa shape index (κ2) is 3.20. The molecule has 0 radical (unpaired) electrons. The van der Waals surface area contributed by atoms with Crippen LogP contribution in [-0.4, -0.2) is 13.5 Å². The van der Waals surface area contributed by atoms with Crippen molar-refractivity contribution in [3.05, 3.63) is 23.2 Å². The predicted molar refractivity (Wildman–Crippen MR) is 45.9 cm³/mol. The molecule has 0 aliphatic carbocycles. The van der Waals surface area contributed by atoms with Crippen molar-refractivity contribution in [3.63, 3.8) is 0 Å². The van der Waals surface area contributed by atoms with E-state index in [-0.39, 0.29) is 16.3 Å². The molecular formula is C6H4ClN2O3S+. The normalized spacial score (nSPS) is 10.8. The third-order valence-electron chi connectivity index (χ3n) is 1.34. The van der Waals surface area contributed by atoms with Gasteiger partial charge < -0.3 is 5.11 Å². The lowest BCUT2D eigenvalue weighted by Crippen LogP contribution is -1.88. The summed E-state index contributed by atoms with van der Waals surface area (Å²) < 4.78 is 21.5. The summed E-state index contributed by atoms with van der Waals surface area (Å²) in [5, 5.41) is 17.3. The fraction of sp³-hybridized carbons (Fsp3) is 0. The number of hydrogen-bond donors (Lipinski definition) is 1. The number of nitrogens with zero attached hydrogens (tertiary/aromatic N) is 2. The van der Waals surface area contributed by atoms with Crippen molar-refractivity contribution >= 4 is 25.4 Å². The molecule has 1 aromatic carbocycles. The number of halogens is 1. The molecule has 13 heavy (non-hydrogen) atoms. The first-order valence-electron chi connectivity index (χ1n) is 3.08. The van der Waals surface area contributed by atoms with Crippen LogP contribution in [0.3, 0.4) is 0 Å². The Bertz CT molecular complexity index is 477. The number of rotatable bonds is 1. The molecule has 1 rings (SSSR count). The van der Waals surface area contributed by atoms with Gasteiger partial charge in [-0.3, -0.25) is 0 Å². The smallest absolute Gasteiger partial charge is 0.427 e. The van der Waals surface area contributed by atoms with Gasteiger partial charge in [-0.15, -0.1) is 0 Å². The maximum Gasteiger partial charge on any atom is 0.427 e. The van der Waals surface area contributed by atoms with E-state index in [4.69, 9.17) is 21.2 Å². The second-order valence-corrected chi connectivity index (χ2v) is 4.75. The number of benzene rings is 1. The van der Waals surface area contributed by atoms with E-state index in [9.17, 15) is 8.42 Å². The van der Waals surface area contributed by atoms with Gasteiger partial charge in [0, 0.05) is 10.7 Å². The van der Waals surface area contributed by atoms with E-state index >= 15 is 0 Å². The first-order valence-corrected chi connectivity index (χ1v) is 5.39. The highest BCUT2D eigenvalue weighted by atomic mass is 35.7. The minimum atomic E-state index is -3.86. The van der Waals surface area contributed by atoms with Gasteiger partial charge in [-0.1, -0.05) is 0 Å². The molecule has 1 aromatic rings. The first-order chi connectivity index (χ1) is 5.95. The second-order valence-electron chi connectivity index (χ2n) is 2.19. The van der Waals surface area contributed by atoms with Crippen molar-refractivity contribution in [3.8, 4) is 5.75 Å². The Morgan fingerprint density at radius 1 is 1.46 bits per heavy atom. The summed E-state index contributed by atoms with van der Waals surface area (Å²) in [4.78, 5) is 2.43. The highest BCUT2D eigenvalue weighted by Crippen LogP contribution is 2.29. The molecule has 0 aliphatic rings. The number of hydrogen-bond acceptors (Lipinski definition) is 4. The Morgan fingerprint density at radius 2 is 2.08 bits per heavy atom. The molecule has 0 amide bonds. The molecular weight excluding hydrogens is 216 g/mol. The number of phenolic OH excluding ortho intramolecular Hbond substituents is 1. The van der Waals surface area contributed by atoms with Crippen molar-refractivity contribution in [2.24, 2.45) is 0 Å². The van der Waals surface area contributed by atoms with E-state index in [2.05, 4.69) is 4.98 Å². The Kier molecular flexibility index (Phi) is 2.40. The van der Waals surface area contributed by atoms with E-state index in [0.29, 0.717) is 0 Å². The summed E-state index contributed by atoms with van der Waals surface area (Å²) in [6.45, 7) is 0. The van der Waals surface area contributed by atoms with Gasteiger partial charge >= 0.3 is 5.69 Å². The molecule has 0 heterocycles. The molecule has 0 aliphatic heterocycles. The molecule has 0 unspecified atom stereocenters. The SMILES string of the molecule is N#[N+]c1cc(S(=O)(=O)Cl)ccc1O. The van der Waals surface area contributed by atoms with Crippen LogP contribution in [0.1, 0.15) is 0 Å². The van der Waals surface area contributed by atoms with Gasteiger partial charge in [0.05, 0.1) is 11.0 Å². The molecule has 0 fully saturated rings. The van der Waals surface area contributed by atoms with E-state index in [1.807, 2.05) is 0 Å². The van der Waals surface area contributed by atoms with Crippen molar-refractivity contribution in [1.82, 2.24) is 0 Å². The van der Waals surface area contributed by atoms with Crippen LogP contribution in [0.4, 0.5) is 5.69 Å². The van der Waals surface area contributed by atoms with E-state index in [1.54, 1.807) is 0 Å². The molecule has 68 valence electrons. The standard InChI is InChI=1S/C6H3ClN2O3S/c7-13(11,12)4-1-2-6(10)5(3-4)9-8/h1-3H/p+1. The van der Waals surface area contributed by atoms with Crippen molar-refractivity contribution in [1.29, 1.82) is 5.39 Å². The third-order valence-corrected chi connectivity index (χ3v) is 2.69. The maximum atomic E-state index is 10.8. The van der Waals surface area contributed by atoms with Crippen molar-refractivity contribution < 1.29 is 13.5 Å². The molecule has 5 nitrogen and oxygen atoms in total. The lowest BCUT2D eigenvalue weighted by Gasteiger charge is -1.92. The average Bonchev–Trinajstić information content (AvgIpc) is 2.03. The largest absolute Gasteiger partial charge is 0.501 e. The van der Waals surface area contributed by atoms with Crippen molar-refractivity contribution in [2.45, 2.75) is 4.90 Å². The van der Waals surface area contributed by atoms with E-state index in [0.717, 1.165) is 18.2 Å². The Morgan fingerprint density at radius 3 is 2.54 bits per heavy atom. The third kappa shape index (κ3) is 2.08. The van der Waals surface area contributed by atoms with Gasteiger partial charge in [-0.2, -0.15) is 0 Å². The average molecular weight is 220 g/mol. The highest BCUT2D eigenvalue weighted by Gasteiger charge is 2.19. The van der Waals surface area contributed by atoms with Crippen LogP contribution < -0.4 is 0 Å². The van der Waals surface area contributed by atoms with Crippen LogP contribution in [0.5, 0.6) is 5.75 Å². The zero-order valence-electron chi connectivity index (χ0n) is 6.18. The topological polar surface area (TPSA) is 82.5 Å². The summed E-state index contributed by atoms with van der Waals surface area (Å²) in [6.07, 6.45) is 0.